The number of H-pyrrole nitrogens is 1. The molecular weight excluding hydrogens is 280 g/mol. The summed E-state index contributed by atoms with van der Waals surface area (Å²) >= 11 is 0. The van der Waals surface area contributed by atoms with Crippen LogP contribution in [-0.4, -0.2) is 31.6 Å². The van der Waals surface area contributed by atoms with Crippen LogP contribution in [0.1, 0.15) is 15.9 Å². The molecule has 1 amide bonds. The largest absolute Gasteiger partial charge is 0.355 e. The van der Waals surface area contributed by atoms with Crippen LogP contribution in [-0.2, 0) is 10.0 Å². The fraction of sp³-hybridized carbons (Fsp3) is 0.167. The van der Waals surface area contributed by atoms with Gasteiger partial charge >= 0.3 is 0 Å². The molecule has 0 fully saturated rings. The molecule has 0 saturated heterocycles. The van der Waals surface area contributed by atoms with Gasteiger partial charge in [0.1, 0.15) is 0 Å². The third kappa shape index (κ3) is 2.80. The quantitative estimate of drug-likeness (QED) is 0.778. The van der Waals surface area contributed by atoms with E-state index in [0.29, 0.717) is 16.8 Å². The Bertz CT molecular complexity index is 723. The Morgan fingerprint density at radius 1 is 1.30 bits per heavy atom. The first kappa shape index (κ1) is 14.1. The number of sulfonamides is 1. The van der Waals surface area contributed by atoms with Crippen molar-refractivity contribution in [3.8, 4) is 0 Å². The first-order valence-electron chi connectivity index (χ1n) is 5.79. The summed E-state index contributed by atoms with van der Waals surface area (Å²) in [5.41, 5.74) is 1.52. The molecule has 20 heavy (non-hydrogen) atoms. The number of nitrogens with one attached hydrogen (secondary N) is 3. The van der Waals surface area contributed by atoms with Crippen molar-refractivity contribution in [1.29, 1.82) is 0 Å². The van der Waals surface area contributed by atoms with Crippen molar-refractivity contribution < 1.29 is 13.2 Å². The number of hydrogen-bond donors (Lipinski definition) is 3. The van der Waals surface area contributed by atoms with Gasteiger partial charge in [-0.05, 0) is 36.8 Å². The van der Waals surface area contributed by atoms with Crippen molar-refractivity contribution in [2.75, 3.05) is 11.8 Å². The summed E-state index contributed by atoms with van der Waals surface area (Å²) in [4.78, 5) is 11.5. The number of amides is 1. The van der Waals surface area contributed by atoms with E-state index < -0.39 is 10.0 Å². The lowest BCUT2D eigenvalue weighted by Crippen LogP contribution is -2.18. The van der Waals surface area contributed by atoms with Crippen LogP contribution in [0.25, 0.3) is 0 Å². The Morgan fingerprint density at radius 2 is 2.05 bits per heavy atom. The average molecular weight is 294 g/mol. The third-order valence-electron chi connectivity index (χ3n) is 2.72. The normalized spacial score (nSPS) is 11.1. The molecule has 106 valence electrons. The highest BCUT2D eigenvalue weighted by atomic mass is 32.2. The zero-order valence-electron chi connectivity index (χ0n) is 11.0. The topological polar surface area (TPSA) is 104 Å². The van der Waals surface area contributed by atoms with Crippen LogP contribution in [0.5, 0.6) is 0 Å². The van der Waals surface area contributed by atoms with E-state index in [9.17, 15) is 13.2 Å². The molecule has 0 aliphatic carbocycles. The second-order valence-electron chi connectivity index (χ2n) is 4.14. The lowest BCUT2D eigenvalue weighted by molar-refractivity contribution is 0.0963. The summed E-state index contributed by atoms with van der Waals surface area (Å²) < 4.78 is 26.5. The number of benzene rings is 1. The fourth-order valence-electron chi connectivity index (χ4n) is 1.66. The molecule has 7 nitrogen and oxygen atoms in total. The molecule has 0 aliphatic rings. The second kappa shape index (κ2) is 5.33. The molecule has 0 radical (unpaired) electrons. The number of rotatable bonds is 4. The molecule has 3 N–H and O–H groups in total. The van der Waals surface area contributed by atoms with Gasteiger partial charge < -0.3 is 5.32 Å². The van der Waals surface area contributed by atoms with Crippen LogP contribution in [0.15, 0.2) is 35.5 Å². The van der Waals surface area contributed by atoms with Crippen LogP contribution >= 0.6 is 0 Å². The summed E-state index contributed by atoms with van der Waals surface area (Å²) in [6, 6.07) is 6.07. The molecule has 0 spiro atoms. The lowest BCUT2D eigenvalue weighted by atomic mass is 10.1. The van der Waals surface area contributed by atoms with Crippen molar-refractivity contribution in [3.63, 3.8) is 0 Å². The Hall–Kier alpha value is -2.35. The number of hydrogen-bond acceptors (Lipinski definition) is 4. The van der Waals surface area contributed by atoms with Crippen molar-refractivity contribution in [2.45, 2.75) is 11.9 Å². The van der Waals surface area contributed by atoms with E-state index in [2.05, 4.69) is 20.2 Å². The first-order chi connectivity index (χ1) is 9.44. The summed E-state index contributed by atoms with van der Waals surface area (Å²) in [6.45, 7) is 1.72. The molecular formula is C12H14N4O3S. The number of aromatic nitrogens is 2. The van der Waals surface area contributed by atoms with Crippen molar-refractivity contribution in [1.82, 2.24) is 15.5 Å². The number of aromatic amines is 1. The lowest BCUT2D eigenvalue weighted by Gasteiger charge is -2.10. The predicted octanol–water partition coefficient (Wildman–Crippen LogP) is 0.879. The molecule has 0 bridgehead atoms. The molecule has 2 aromatic rings. The van der Waals surface area contributed by atoms with Crippen molar-refractivity contribution in [3.05, 3.63) is 41.6 Å². The Labute approximate surface area is 116 Å². The molecule has 1 aromatic carbocycles. The van der Waals surface area contributed by atoms with Crippen molar-refractivity contribution >= 4 is 21.6 Å². The van der Waals surface area contributed by atoms with Gasteiger partial charge in [-0.3, -0.25) is 14.6 Å². The molecule has 0 unspecified atom stereocenters. The molecule has 0 atom stereocenters. The number of carbonyl (C=O) groups excluding carboxylic acids is 1. The molecule has 8 heteroatoms. The van der Waals surface area contributed by atoms with E-state index in [1.807, 2.05) is 0 Å². The van der Waals surface area contributed by atoms with E-state index in [1.54, 1.807) is 25.1 Å². The van der Waals surface area contributed by atoms with Gasteiger partial charge in [-0.1, -0.05) is 0 Å². The SMILES string of the molecule is CNC(=O)c1ccc(NS(=O)(=O)c2ccn[nH]2)c(C)c1. The van der Waals surface area contributed by atoms with Crippen LogP contribution in [0.2, 0.25) is 0 Å². The van der Waals surface area contributed by atoms with Crippen LogP contribution < -0.4 is 10.0 Å². The molecule has 2 rings (SSSR count). The minimum absolute atomic E-state index is 0.0210. The average Bonchev–Trinajstić information content (AvgIpc) is 2.95. The number of nitrogens with zero attached hydrogens (tertiary/aromatic N) is 1. The Kier molecular flexibility index (Phi) is 3.75. The number of anilines is 1. The molecule has 1 aromatic heterocycles. The summed E-state index contributed by atoms with van der Waals surface area (Å²) in [7, 11) is -2.17. The van der Waals surface area contributed by atoms with Gasteiger partial charge in [-0.2, -0.15) is 13.5 Å². The Morgan fingerprint density at radius 3 is 2.60 bits per heavy atom. The minimum Gasteiger partial charge on any atom is -0.355 e. The highest BCUT2D eigenvalue weighted by Gasteiger charge is 2.17. The van der Waals surface area contributed by atoms with Crippen LogP contribution in [0, 0.1) is 6.92 Å². The van der Waals surface area contributed by atoms with Gasteiger partial charge in [0.15, 0.2) is 5.03 Å². The van der Waals surface area contributed by atoms with E-state index >= 15 is 0 Å². The first-order valence-corrected chi connectivity index (χ1v) is 7.27. The third-order valence-corrected chi connectivity index (χ3v) is 4.02. The standard InChI is InChI=1S/C12H14N4O3S/c1-8-7-9(12(17)13-2)3-4-10(8)16-20(18,19)11-5-6-14-15-11/h3-7,16H,1-2H3,(H,13,17)(H,14,15). The maximum atomic E-state index is 12.0. The van der Waals surface area contributed by atoms with Gasteiger partial charge in [0.25, 0.3) is 15.9 Å². The summed E-state index contributed by atoms with van der Waals surface area (Å²) in [5, 5.41) is 8.48. The maximum absolute atomic E-state index is 12.0. The Balaban J connectivity index is 2.29. The van der Waals surface area contributed by atoms with Gasteiger partial charge in [-0.25, -0.2) is 0 Å². The van der Waals surface area contributed by atoms with Gasteiger partial charge in [0.05, 0.1) is 11.9 Å². The summed E-state index contributed by atoms with van der Waals surface area (Å²) in [6.07, 6.45) is 1.36. The zero-order chi connectivity index (χ0) is 14.8. The van der Waals surface area contributed by atoms with Crippen LogP contribution in [0.4, 0.5) is 5.69 Å². The smallest absolute Gasteiger partial charge is 0.278 e. The van der Waals surface area contributed by atoms with Crippen molar-refractivity contribution in [2.24, 2.45) is 0 Å². The summed E-state index contributed by atoms with van der Waals surface area (Å²) in [5.74, 6) is -0.226. The van der Waals surface area contributed by atoms with E-state index in [4.69, 9.17) is 0 Å². The fourth-order valence-corrected chi connectivity index (χ4v) is 2.70. The maximum Gasteiger partial charge on any atom is 0.278 e. The molecule has 0 saturated carbocycles. The van der Waals surface area contributed by atoms with E-state index in [0.717, 1.165) is 0 Å². The molecule has 0 aliphatic heterocycles. The minimum atomic E-state index is -3.70. The monoisotopic (exact) mass is 294 g/mol. The van der Waals surface area contributed by atoms with Gasteiger partial charge in [-0.15, -0.1) is 0 Å². The highest BCUT2D eigenvalue weighted by Crippen LogP contribution is 2.20. The van der Waals surface area contributed by atoms with Gasteiger partial charge in [0, 0.05) is 12.6 Å². The van der Waals surface area contributed by atoms with E-state index in [1.165, 1.54) is 19.3 Å². The van der Waals surface area contributed by atoms with Gasteiger partial charge in [0.2, 0.25) is 0 Å². The van der Waals surface area contributed by atoms with Crippen LogP contribution in [0.3, 0.4) is 0 Å². The zero-order valence-corrected chi connectivity index (χ0v) is 11.8. The number of carbonyl (C=O) groups is 1. The molecule has 1 heterocycles. The second-order valence-corrected chi connectivity index (χ2v) is 5.79. The highest BCUT2D eigenvalue weighted by molar-refractivity contribution is 7.92. The van der Waals surface area contributed by atoms with E-state index in [-0.39, 0.29) is 10.9 Å². The predicted molar refractivity (Wildman–Crippen MR) is 74.0 cm³/mol. The number of aryl methyl sites for hydroxylation is 1.